The normalized spacial score (nSPS) is 12.8. The molecule has 2 aliphatic rings. The fourth-order valence-electron chi connectivity index (χ4n) is 6.64. The molecular weight excluding hydrogens is 489 g/mol. The van der Waals surface area contributed by atoms with E-state index in [0.717, 1.165) is 45.2 Å². The van der Waals surface area contributed by atoms with Crippen LogP contribution in [-0.2, 0) is 0 Å². The Bertz CT molecular complexity index is 2080. The molecule has 0 N–H and O–H groups in total. The topological polar surface area (TPSA) is 23.4 Å². The zero-order valence-electron chi connectivity index (χ0n) is 21.5. The summed E-state index contributed by atoms with van der Waals surface area (Å²) in [6.45, 7) is 0.0419. The molecule has 40 heavy (non-hydrogen) atoms. The van der Waals surface area contributed by atoms with Crippen molar-refractivity contribution in [2.45, 2.75) is 0 Å². The molecule has 4 heteroatoms. The quantitative estimate of drug-likeness (QED) is 0.230. The molecule has 186 valence electrons. The Morgan fingerprint density at radius 3 is 1.85 bits per heavy atom. The van der Waals surface area contributed by atoms with Gasteiger partial charge in [0.15, 0.2) is 0 Å². The first kappa shape index (κ1) is 21.7. The van der Waals surface area contributed by atoms with E-state index in [1.165, 1.54) is 32.8 Å². The van der Waals surface area contributed by atoms with Crippen LogP contribution < -0.4 is 25.9 Å². The minimum atomic E-state index is 0.0419. The van der Waals surface area contributed by atoms with E-state index in [0.29, 0.717) is 0 Å². The summed E-state index contributed by atoms with van der Waals surface area (Å²) < 4.78 is 15.2. The van der Waals surface area contributed by atoms with Crippen molar-refractivity contribution in [2.75, 3.05) is 0 Å². The van der Waals surface area contributed by atoms with Gasteiger partial charge in [-0.2, -0.15) is 0 Å². The summed E-state index contributed by atoms with van der Waals surface area (Å²) in [6.07, 6.45) is 0. The third kappa shape index (κ3) is 2.96. The van der Waals surface area contributed by atoms with E-state index in [-0.39, 0.29) is 6.71 Å². The highest BCUT2D eigenvalue weighted by Gasteiger charge is 2.39. The predicted octanol–water partition coefficient (Wildman–Crippen LogP) is 7.18. The van der Waals surface area contributed by atoms with E-state index >= 15 is 0 Å². The molecule has 0 radical (unpaired) electrons. The van der Waals surface area contributed by atoms with Crippen molar-refractivity contribution in [3.63, 3.8) is 0 Å². The molecule has 0 atom stereocenters. The van der Waals surface area contributed by atoms with Crippen LogP contribution in [0, 0.1) is 0 Å². The van der Waals surface area contributed by atoms with Gasteiger partial charge in [-0.05, 0) is 59.0 Å². The number of ether oxygens (including phenoxy) is 2. The highest BCUT2D eigenvalue weighted by Crippen LogP contribution is 2.38. The van der Waals surface area contributed by atoms with Gasteiger partial charge in [0.1, 0.15) is 23.0 Å². The second-order valence-corrected chi connectivity index (χ2v) is 10.5. The van der Waals surface area contributed by atoms with Crippen molar-refractivity contribution in [1.29, 1.82) is 0 Å². The van der Waals surface area contributed by atoms with Crippen LogP contribution >= 0.6 is 0 Å². The van der Waals surface area contributed by atoms with Gasteiger partial charge in [0.05, 0.1) is 16.7 Å². The van der Waals surface area contributed by atoms with Gasteiger partial charge in [-0.15, -0.1) is 0 Å². The lowest BCUT2D eigenvalue weighted by atomic mass is 9.35. The summed E-state index contributed by atoms with van der Waals surface area (Å²) >= 11 is 0. The Morgan fingerprint density at radius 1 is 0.475 bits per heavy atom. The summed E-state index contributed by atoms with van der Waals surface area (Å²) in [4.78, 5) is 0. The van der Waals surface area contributed by atoms with E-state index in [1.807, 2.05) is 24.3 Å². The fraction of sp³-hybridized carbons (Fsp3) is 0. The lowest BCUT2D eigenvalue weighted by Crippen LogP contribution is -2.57. The summed E-state index contributed by atoms with van der Waals surface area (Å²) in [6, 6.07) is 47.1. The number of hydrogen-bond donors (Lipinski definition) is 0. The minimum absolute atomic E-state index is 0.0419. The lowest BCUT2D eigenvalue weighted by Gasteiger charge is -2.33. The number of benzene rings is 6. The molecule has 6 aromatic carbocycles. The number of aromatic nitrogens is 1. The van der Waals surface area contributed by atoms with Gasteiger partial charge in [-0.1, -0.05) is 91.0 Å². The van der Waals surface area contributed by atoms with Crippen molar-refractivity contribution in [3.05, 3.63) is 133 Å². The Kier molecular flexibility index (Phi) is 4.41. The van der Waals surface area contributed by atoms with Gasteiger partial charge in [-0.25, -0.2) is 0 Å². The van der Waals surface area contributed by atoms with Crippen molar-refractivity contribution < 1.29 is 9.47 Å². The third-order valence-electron chi connectivity index (χ3n) is 8.34. The molecule has 2 aliphatic heterocycles. The zero-order valence-corrected chi connectivity index (χ0v) is 21.5. The van der Waals surface area contributed by atoms with E-state index in [4.69, 9.17) is 9.47 Å². The van der Waals surface area contributed by atoms with Gasteiger partial charge < -0.3 is 14.0 Å². The summed E-state index contributed by atoms with van der Waals surface area (Å²) in [5.74, 6) is 3.52. The maximum absolute atomic E-state index is 6.46. The predicted molar refractivity (Wildman–Crippen MR) is 164 cm³/mol. The maximum atomic E-state index is 6.46. The molecular formula is C36H22BNO2. The molecule has 9 rings (SSSR count). The Balaban J connectivity index is 1.28. The molecule has 0 saturated heterocycles. The van der Waals surface area contributed by atoms with Crippen molar-refractivity contribution >= 4 is 44.9 Å². The van der Waals surface area contributed by atoms with Crippen LogP contribution in [0.4, 0.5) is 0 Å². The van der Waals surface area contributed by atoms with Crippen LogP contribution in [-0.4, -0.2) is 11.3 Å². The molecule has 0 amide bonds. The molecule has 0 saturated carbocycles. The molecule has 3 nitrogen and oxygen atoms in total. The smallest absolute Gasteiger partial charge is 0.260 e. The molecule has 0 aliphatic carbocycles. The first-order valence-corrected chi connectivity index (χ1v) is 13.6. The van der Waals surface area contributed by atoms with E-state index in [9.17, 15) is 0 Å². The number of nitrogens with zero attached hydrogens (tertiary/aromatic N) is 1. The standard InChI is InChI=1S/C36H22BNO2/c1-5-14-29(38-30-15-6-2-11-25(30)26-12-3-7-16-31(26)38)24(10-1)23-20-21-33-28(22-23)37-27-13-4-8-17-32(27)39-34-18-9-19-35(40-33)36(34)37/h1-22H. The third-order valence-corrected chi connectivity index (χ3v) is 8.34. The molecule has 0 fully saturated rings. The number of fused-ring (bicyclic) bond motifs is 7. The highest BCUT2D eigenvalue weighted by molar-refractivity contribution is 6.98. The second kappa shape index (κ2) is 8.14. The maximum Gasteiger partial charge on any atom is 0.260 e. The summed E-state index contributed by atoms with van der Waals surface area (Å²) in [5, 5.41) is 2.52. The monoisotopic (exact) mass is 511 g/mol. The average Bonchev–Trinajstić information content (AvgIpc) is 3.35. The van der Waals surface area contributed by atoms with Crippen molar-refractivity contribution in [2.24, 2.45) is 0 Å². The van der Waals surface area contributed by atoms with Crippen LogP contribution in [0.15, 0.2) is 133 Å². The molecule has 7 aromatic rings. The van der Waals surface area contributed by atoms with Crippen LogP contribution in [0.2, 0.25) is 0 Å². The Hall–Kier alpha value is -5.22. The molecule has 3 heterocycles. The number of hydrogen-bond acceptors (Lipinski definition) is 2. The van der Waals surface area contributed by atoms with E-state index in [1.54, 1.807) is 0 Å². The van der Waals surface area contributed by atoms with Gasteiger partial charge in [0, 0.05) is 21.8 Å². The van der Waals surface area contributed by atoms with Crippen molar-refractivity contribution in [1.82, 2.24) is 4.57 Å². The molecule has 0 unspecified atom stereocenters. The number of rotatable bonds is 2. The van der Waals surface area contributed by atoms with Gasteiger partial charge in [0.2, 0.25) is 0 Å². The Labute approximate surface area is 231 Å². The second-order valence-electron chi connectivity index (χ2n) is 10.5. The van der Waals surface area contributed by atoms with Crippen LogP contribution in [0.5, 0.6) is 23.0 Å². The number of para-hydroxylation sites is 4. The molecule has 0 bridgehead atoms. The summed E-state index contributed by atoms with van der Waals surface area (Å²) in [5.41, 5.74) is 9.32. The zero-order chi connectivity index (χ0) is 26.2. The van der Waals surface area contributed by atoms with Gasteiger partial charge in [-0.3, -0.25) is 0 Å². The fourth-order valence-corrected chi connectivity index (χ4v) is 6.64. The first-order chi connectivity index (χ1) is 19.8. The molecule has 0 spiro atoms. The van der Waals surface area contributed by atoms with Crippen LogP contribution in [0.1, 0.15) is 0 Å². The minimum Gasteiger partial charge on any atom is -0.458 e. The summed E-state index contributed by atoms with van der Waals surface area (Å²) in [7, 11) is 0. The van der Waals surface area contributed by atoms with Crippen LogP contribution in [0.3, 0.4) is 0 Å². The first-order valence-electron chi connectivity index (χ1n) is 13.6. The highest BCUT2D eigenvalue weighted by atomic mass is 16.5. The van der Waals surface area contributed by atoms with Gasteiger partial charge >= 0.3 is 0 Å². The van der Waals surface area contributed by atoms with Gasteiger partial charge in [0.25, 0.3) is 6.71 Å². The van der Waals surface area contributed by atoms with Crippen LogP contribution in [0.25, 0.3) is 38.6 Å². The SMILES string of the molecule is c1ccc2c(c1)Oc1cccc3c1B2c1cc(-c2ccccc2-n2c4ccccc4c4ccccc42)ccc1O3. The van der Waals surface area contributed by atoms with E-state index in [2.05, 4.69) is 114 Å². The van der Waals surface area contributed by atoms with E-state index < -0.39 is 0 Å². The largest absolute Gasteiger partial charge is 0.458 e. The van der Waals surface area contributed by atoms with Crippen molar-refractivity contribution in [3.8, 4) is 39.8 Å². The Morgan fingerprint density at radius 2 is 1.07 bits per heavy atom. The molecule has 1 aromatic heterocycles. The average molecular weight is 511 g/mol. The lowest BCUT2D eigenvalue weighted by molar-refractivity contribution is 0.464.